The number of ether oxygens (including phenoxy) is 1. The van der Waals surface area contributed by atoms with Gasteiger partial charge in [0.15, 0.2) is 0 Å². The first kappa shape index (κ1) is 12.6. The second kappa shape index (κ2) is 5.65. The molecule has 0 saturated heterocycles. The number of benzene rings is 1. The molecule has 1 aliphatic carbocycles. The highest BCUT2D eigenvalue weighted by Crippen LogP contribution is 2.22. The first-order valence-electron chi connectivity index (χ1n) is 6.66. The van der Waals surface area contributed by atoms with E-state index in [-0.39, 0.29) is 12.1 Å². The van der Waals surface area contributed by atoms with Gasteiger partial charge in [0.05, 0.1) is 12.7 Å². The SMILES string of the molecule is CCc1cc(CO[C@H]2CCC[C@@H]2N)ccc1C. The Bertz CT molecular complexity index is 375. The van der Waals surface area contributed by atoms with Crippen LogP contribution in [0.1, 0.15) is 42.9 Å². The van der Waals surface area contributed by atoms with E-state index in [0.29, 0.717) is 6.61 Å². The van der Waals surface area contributed by atoms with E-state index in [1.165, 1.54) is 23.1 Å². The average Bonchev–Trinajstić information content (AvgIpc) is 2.74. The molecule has 1 aromatic carbocycles. The van der Waals surface area contributed by atoms with E-state index >= 15 is 0 Å². The molecule has 0 spiro atoms. The van der Waals surface area contributed by atoms with Gasteiger partial charge in [0.2, 0.25) is 0 Å². The lowest BCUT2D eigenvalue weighted by Crippen LogP contribution is -2.31. The van der Waals surface area contributed by atoms with E-state index in [4.69, 9.17) is 10.5 Å². The minimum atomic E-state index is 0.242. The predicted molar refractivity (Wildman–Crippen MR) is 71.0 cm³/mol. The summed E-state index contributed by atoms with van der Waals surface area (Å²) in [6.07, 6.45) is 4.79. The summed E-state index contributed by atoms with van der Waals surface area (Å²) in [6.45, 7) is 5.06. The topological polar surface area (TPSA) is 35.2 Å². The Balaban J connectivity index is 1.94. The van der Waals surface area contributed by atoms with Crippen molar-refractivity contribution in [2.75, 3.05) is 0 Å². The van der Waals surface area contributed by atoms with Gasteiger partial charge in [-0.3, -0.25) is 0 Å². The highest BCUT2D eigenvalue weighted by Gasteiger charge is 2.24. The molecule has 0 aromatic heterocycles. The zero-order valence-corrected chi connectivity index (χ0v) is 10.9. The molecule has 1 fully saturated rings. The molecule has 2 heteroatoms. The van der Waals surface area contributed by atoms with Crippen LogP contribution in [-0.4, -0.2) is 12.1 Å². The summed E-state index contributed by atoms with van der Waals surface area (Å²) >= 11 is 0. The zero-order chi connectivity index (χ0) is 12.3. The van der Waals surface area contributed by atoms with E-state index in [1.807, 2.05) is 0 Å². The molecule has 0 radical (unpaired) electrons. The van der Waals surface area contributed by atoms with E-state index < -0.39 is 0 Å². The highest BCUT2D eigenvalue weighted by molar-refractivity contribution is 5.30. The van der Waals surface area contributed by atoms with Crippen molar-refractivity contribution >= 4 is 0 Å². The minimum Gasteiger partial charge on any atom is -0.372 e. The quantitative estimate of drug-likeness (QED) is 0.867. The molecule has 17 heavy (non-hydrogen) atoms. The van der Waals surface area contributed by atoms with Crippen LogP contribution < -0.4 is 5.73 Å². The fraction of sp³-hybridized carbons (Fsp3) is 0.600. The van der Waals surface area contributed by atoms with Gasteiger partial charge in [0.25, 0.3) is 0 Å². The second-order valence-electron chi connectivity index (χ2n) is 5.06. The Hall–Kier alpha value is -0.860. The third-order valence-electron chi connectivity index (χ3n) is 3.76. The maximum atomic E-state index is 6.00. The van der Waals surface area contributed by atoms with Gasteiger partial charge < -0.3 is 10.5 Å². The summed E-state index contributed by atoms with van der Waals surface area (Å²) in [5.41, 5.74) is 10.1. The lowest BCUT2D eigenvalue weighted by Gasteiger charge is -2.17. The Morgan fingerprint density at radius 1 is 1.35 bits per heavy atom. The summed E-state index contributed by atoms with van der Waals surface area (Å²) < 4.78 is 5.92. The van der Waals surface area contributed by atoms with Gasteiger partial charge in [-0.2, -0.15) is 0 Å². The molecule has 2 rings (SSSR count). The van der Waals surface area contributed by atoms with Gasteiger partial charge in [0.1, 0.15) is 0 Å². The van der Waals surface area contributed by atoms with Gasteiger partial charge in [-0.1, -0.05) is 25.1 Å². The van der Waals surface area contributed by atoms with E-state index in [0.717, 1.165) is 19.3 Å². The summed E-state index contributed by atoms with van der Waals surface area (Å²) in [6, 6.07) is 6.85. The Labute approximate surface area is 104 Å². The third-order valence-corrected chi connectivity index (χ3v) is 3.76. The molecule has 0 bridgehead atoms. The largest absolute Gasteiger partial charge is 0.372 e. The lowest BCUT2D eigenvalue weighted by atomic mass is 10.0. The van der Waals surface area contributed by atoms with Crippen molar-refractivity contribution < 1.29 is 4.74 Å². The molecule has 2 nitrogen and oxygen atoms in total. The summed E-state index contributed by atoms with van der Waals surface area (Å²) in [5.74, 6) is 0. The van der Waals surface area contributed by atoms with Crippen molar-refractivity contribution in [3.63, 3.8) is 0 Å². The van der Waals surface area contributed by atoms with E-state index in [9.17, 15) is 0 Å². The molecule has 0 aliphatic heterocycles. The van der Waals surface area contributed by atoms with Crippen molar-refractivity contribution in [2.24, 2.45) is 5.73 Å². The predicted octanol–water partition coefficient (Wildman–Crippen LogP) is 2.95. The van der Waals surface area contributed by atoms with Crippen LogP contribution in [0.2, 0.25) is 0 Å². The standard InChI is InChI=1S/C15H23NO/c1-3-13-9-12(8-7-11(13)2)10-17-15-6-4-5-14(15)16/h7-9,14-15H,3-6,10,16H2,1-2H3/t14-,15-/m0/s1. The molecule has 0 unspecified atom stereocenters. The first-order valence-corrected chi connectivity index (χ1v) is 6.66. The maximum absolute atomic E-state index is 6.00. The lowest BCUT2D eigenvalue weighted by molar-refractivity contribution is 0.0357. The van der Waals surface area contributed by atoms with Crippen LogP contribution in [0.3, 0.4) is 0 Å². The van der Waals surface area contributed by atoms with Gasteiger partial charge in [-0.25, -0.2) is 0 Å². The average molecular weight is 233 g/mol. The monoisotopic (exact) mass is 233 g/mol. The fourth-order valence-electron chi connectivity index (χ4n) is 2.56. The molecule has 2 N–H and O–H groups in total. The van der Waals surface area contributed by atoms with Crippen LogP contribution in [-0.2, 0) is 17.8 Å². The summed E-state index contributed by atoms with van der Waals surface area (Å²) in [5, 5.41) is 0. The van der Waals surface area contributed by atoms with Crippen LogP contribution >= 0.6 is 0 Å². The number of aryl methyl sites for hydroxylation is 2. The Kier molecular flexibility index (Phi) is 4.19. The number of rotatable bonds is 4. The van der Waals surface area contributed by atoms with E-state index in [1.54, 1.807) is 0 Å². The van der Waals surface area contributed by atoms with Crippen molar-refractivity contribution in [1.82, 2.24) is 0 Å². The number of hydrogen-bond donors (Lipinski definition) is 1. The van der Waals surface area contributed by atoms with Crippen molar-refractivity contribution in [2.45, 2.75) is 58.3 Å². The van der Waals surface area contributed by atoms with Gasteiger partial charge >= 0.3 is 0 Å². The summed E-state index contributed by atoms with van der Waals surface area (Å²) in [7, 11) is 0. The molecular formula is C15H23NO. The first-order chi connectivity index (χ1) is 8.20. The van der Waals surface area contributed by atoms with Crippen LogP contribution in [0.25, 0.3) is 0 Å². The van der Waals surface area contributed by atoms with Gasteiger partial charge in [-0.05, 0) is 49.3 Å². The molecular weight excluding hydrogens is 210 g/mol. The molecule has 1 aliphatic rings. The van der Waals surface area contributed by atoms with E-state index in [2.05, 4.69) is 32.0 Å². The molecule has 0 amide bonds. The molecule has 0 heterocycles. The molecule has 1 saturated carbocycles. The van der Waals surface area contributed by atoms with Crippen LogP contribution in [0.4, 0.5) is 0 Å². The second-order valence-corrected chi connectivity index (χ2v) is 5.06. The molecule has 94 valence electrons. The number of hydrogen-bond acceptors (Lipinski definition) is 2. The molecule has 1 aromatic rings. The Morgan fingerprint density at radius 2 is 2.18 bits per heavy atom. The fourth-order valence-corrected chi connectivity index (χ4v) is 2.56. The van der Waals surface area contributed by atoms with Crippen molar-refractivity contribution in [3.05, 3.63) is 34.9 Å². The van der Waals surface area contributed by atoms with Gasteiger partial charge in [0, 0.05) is 6.04 Å². The smallest absolute Gasteiger partial charge is 0.0730 e. The van der Waals surface area contributed by atoms with Crippen LogP contribution in [0, 0.1) is 6.92 Å². The Morgan fingerprint density at radius 3 is 2.82 bits per heavy atom. The maximum Gasteiger partial charge on any atom is 0.0730 e. The summed E-state index contributed by atoms with van der Waals surface area (Å²) in [4.78, 5) is 0. The van der Waals surface area contributed by atoms with Crippen molar-refractivity contribution in [1.29, 1.82) is 0 Å². The van der Waals surface area contributed by atoms with Crippen molar-refractivity contribution in [3.8, 4) is 0 Å². The van der Waals surface area contributed by atoms with Crippen LogP contribution in [0.5, 0.6) is 0 Å². The van der Waals surface area contributed by atoms with Crippen LogP contribution in [0.15, 0.2) is 18.2 Å². The highest BCUT2D eigenvalue weighted by atomic mass is 16.5. The third kappa shape index (κ3) is 3.08. The minimum absolute atomic E-state index is 0.242. The normalized spacial score (nSPS) is 24.2. The number of nitrogens with two attached hydrogens (primary N) is 1. The van der Waals surface area contributed by atoms with Gasteiger partial charge in [-0.15, -0.1) is 0 Å². The zero-order valence-electron chi connectivity index (χ0n) is 10.9. The molecule has 2 atom stereocenters.